The summed E-state index contributed by atoms with van der Waals surface area (Å²) in [6.07, 6.45) is 0.896. The summed E-state index contributed by atoms with van der Waals surface area (Å²) < 4.78 is 10.1. The van der Waals surface area contributed by atoms with Crippen molar-refractivity contribution in [3.8, 4) is 16.2 Å². The van der Waals surface area contributed by atoms with Crippen LogP contribution in [0, 0.1) is 5.92 Å². The summed E-state index contributed by atoms with van der Waals surface area (Å²) in [5.41, 5.74) is 8.10. The third-order valence-corrected chi connectivity index (χ3v) is 5.81. The fourth-order valence-electron chi connectivity index (χ4n) is 3.08. The zero-order valence-corrected chi connectivity index (χ0v) is 15.1. The lowest BCUT2D eigenvalue weighted by Gasteiger charge is -2.17. The smallest absolute Gasteiger partial charge is 0.343 e. The van der Waals surface area contributed by atoms with Crippen LogP contribution in [0.5, 0.6) is 5.75 Å². The van der Waals surface area contributed by atoms with E-state index in [0.29, 0.717) is 17.8 Å². The molecule has 2 aromatic rings. The number of benzene rings is 1. The Morgan fingerprint density at radius 1 is 1.36 bits per heavy atom. The molecule has 3 N–H and O–H groups in total. The molecule has 2 heterocycles. The van der Waals surface area contributed by atoms with Crippen molar-refractivity contribution in [3.63, 3.8) is 0 Å². The maximum absolute atomic E-state index is 12.3. The molecule has 134 valence electrons. The Hall–Kier alpha value is -2.25. The average Bonchev–Trinajstić information content (AvgIpc) is 3.25. The summed E-state index contributed by atoms with van der Waals surface area (Å²) in [5, 5.41) is 10.2. The monoisotopic (exact) mass is 362 g/mol. The van der Waals surface area contributed by atoms with Crippen molar-refractivity contribution in [1.29, 1.82) is 0 Å². The number of hydrogen-bond donors (Lipinski definition) is 2. The Labute approximate surface area is 150 Å². The van der Waals surface area contributed by atoms with E-state index in [1.165, 1.54) is 18.4 Å². The molecule has 0 bridgehead atoms. The van der Waals surface area contributed by atoms with Crippen LogP contribution < -0.4 is 15.4 Å². The second-order valence-corrected chi connectivity index (χ2v) is 7.03. The van der Waals surface area contributed by atoms with Crippen LogP contribution in [0.3, 0.4) is 0 Å². The van der Waals surface area contributed by atoms with Gasteiger partial charge >= 0.3 is 5.97 Å². The molecule has 1 aliphatic rings. The molecule has 1 atom stereocenters. The number of carbonyl (C=O) groups is 1. The van der Waals surface area contributed by atoms with Crippen LogP contribution in [0.4, 0.5) is 10.7 Å². The highest BCUT2D eigenvalue weighted by molar-refractivity contribution is 7.20. The van der Waals surface area contributed by atoms with Gasteiger partial charge in [0.05, 0.1) is 24.8 Å². The van der Waals surface area contributed by atoms with E-state index in [4.69, 9.17) is 15.2 Å². The first-order valence-electron chi connectivity index (χ1n) is 8.09. The number of nitrogen functional groups attached to an aromatic ring is 1. The predicted molar refractivity (Wildman–Crippen MR) is 99.5 cm³/mol. The number of aliphatic hydroxyl groups excluding tert-OH is 1. The Morgan fingerprint density at radius 2 is 2.08 bits per heavy atom. The summed E-state index contributed by atoms with van der Waals surface area (Å²) >= 11 is 1.48. The first kappa shape index (κ1) is 17.6. The Bertz CT molecular complexity index is 757. The molecule has 1 saturated heterocycles. The van der Waals surface area contributed by atoms with Crippen molar-refractivity contribution < 1.29 is 19.4 Å². The van der Waals surface area contributed by atoms with Gasteiger partial charge < -0.3 is 25.2 Å². The van der Waals surface area contributed by atoms with E-state index in [2.05, 4.69) is 4.90 Å². The standard InChI is InChI=1S/C18H22N2O4S/c1-23-13-5-3-12(4-6-13)16-15(19)14(18(22)24-2)17(25-16)20-8-7-11(9-20)10-21/h3-6,11,21H,7-10,19H2,1-2H3/t11-/m0/s1. The van der Waals surface area contributed by atoms with Crippen molar-refractivity contribution in [2.24, 2.45) is 5.92 Å². The molecule has 25 heavy (non-hydrogen) atoms. The van der Waals surface area contributed by atoms with Gasteiger partial charge in [-0.2, -0.15) is 0 Å². The molecule has 1 aromatic carbocycles. The SMILES string of the molecule is COC(=O)c1c(N2CC[C@H](CO)C2)sc(-c2ccc(OC)cc2)c1N. The molecule has 0 spiro atoms. The molecule has 3 rings (SSSR count). The van der Waals surface area contributed by atoms with Crippen molar-refractivity contribution in [1.82, 2.24) is 0 Å². The number of nitrogens with zero attached hydrogens (tertiary/aromatic N) is 1. The van der Waals surface area contributed by atoms with E-state index in [-0.39, 0.29) is 12.5 Å². The summed E-state index contributed by atoms with van der Waals surface area (Å²) in [6, 6.07) is 7.58. The van der Waals surface area contributed by atoms with Gasteiger partial charge in [0.15, 0.2) is 0 Å². The van der Waals surface area contributed by atoms with Crippen LogP contribution in [0.25, 0.3) is 10.4 Å². The minimum Gasteiger partial charge on any atom is -0.497 e. The van der Waals surface area contributed by atoms with E-state index >= 15 is 0 Å². The molecular weight excluding hydrogens is 340 g/mol. The van der Waals surface area contributed by atoms with E-state index in [0.717, 1.165) is 34.2 Å². The van der Waals surface area contributed by atoms with Crippen molar-refractivity contribution in [2.75, 3.05) is 44.5 Å². The van der Waals surface area contributed by atoms with Crippen molar-refractivity contribution in [2.45, 2.75) is 6.42 Å². The molecule has 0 radical (unpaired) electrons. The first-order valence-corrected chi connectivity index (χ1v) is 8.91. The first-order chi connectivity index (χ1) is 12.1. The maximum atomic E-state index is 12.3. The third-order valence-electron chi connectivity index (χ3n) is 4.50. The second kappa shape index (κ2) is 7.33. The van der Waals surface area contributed by atoms with Gasteiger partial charge in [-0.05, 0) is 36.2 Å². The number of methoxy groups -OCH3 is 2. The van der Waals surface area contributed by atoms with E-state index in [1.54, 1.807) is 7.11 Å². The number of carbonyl (C=O) groups excluding carboxylic acids is 1. The molecule has 1 fully saturated rings. The second-order valence-electron chi connectivity index (χ2n) is 6.03. The summed E-state index contributed by atoms with van der Waals surface area (Å²) in [4.78, 5) is 15.3. The highest BCUT2D eigenvalue weighted by atomic mass is 32.1. The number of hydrogen-bond acceptors (Lipinski definition) is 7. The van der Waals surface area contributed by atoms with Gasteiger partial charge in [0.2, 0.25) is 0 Å². The van der Waals surface area contributed by atoms with E-state index in [1.807, 2.05) is 24.3 Å². The molecule has 0 aliphatic carbocycles. The number of rotatable bonds is 5. The normalized spacial score (nSPS) is 16.9. The number of aliphatic hydroxyl groups is 1. The lowest BCUT2D eigenvalue weighted by molar-refractivity contribution is 0.0603. The molecule has 1 aromatic heterocycles. The molecule has 6 nitrogen and oxygen atoms in total. The Balaban J connectivity index is 2.03. The average molecular weight is 362 g/mol. The molecule has 1 aliphatic heterocycles. The van der Waals surface area contributed by atoms with Crippen molar-refractivity contribution >= 4 is 28.0 Å². The molecular formula is C18H22N2O4S. The quantitative estimate of drug-likeness (QED) is 0.796. The van der Waals surface area contributed by atoms with E-state index in [9.17, 15) is 9.90 Å². The van der Waals surface area contributed by atoms with Gasteiger partial charge in [-0.3, -0.25) is 0 Å². The lowest BCUT2D eigenvalue weighted by atomic mass is 10.1. The Morgan fingerprint density at radius 3 is 2.64 bits per heavy atom. The number of nitrogens with two attached hydrogens (primary N) is 1. The van der Waals surface area contributed by atoms with Gasteiger partial charge in [0.25, 0.3) is 0 Å². The predicted octanol–water partition coefficient (Wildman–Crippen LogP) is 2.61. The summed E-state index contributed by atoms with van der Waals surface area (Å²) in [5.74, 6) is 0.548. The molecule has 0 amide bonds. The van der Waals surface area contributed by atoms with Gasteiger partial charge in [0.1, 0.15) is 16.3 Å². The number of esters is 1. The zero-order valence-electron chi connectivity index (χ0n) is 14.3. The van der Waals surface area contributed by atoms with Gasteiger partial charge in [-0.25, -0.2) is 4.79 Å². The molecule has 7 heteroatoms. The topological polar surface area (TPSA) is 85.0 Å². The van der Waals surface area contributed by atoms with Crippen LogP contribution in [-0.2, 0) is 4.74 Å². The minimum atomic E-state index is -0.434. The Kier molecular flexibility index (Phi) is 5.15. The highest BCUT2D eigenvalue weighted by Gasteiger charge is 2.31. The van der Waals surface area contributed by atoms with Crippen LogP contribution >= 0.6 is 11.3 Å². The molecule has 0 saturated carbocycles. The lowest BCUT2D eigenvalue weighted by Crippen LogP contribution is -2.22. The number of thiophene rings is 1. The van der Waals surface area contributed by atoms with E-state index < -0.39 is 5.97 Å². The minimum absolute atomic E-state index is 0.149. The summed E-state index contributed by atoms with van der Waals surface area (Å²) in [7, 11) is 2.98. The van der Waals surface area contributed by atoms with Crippen LogP contribution in [0.2, 0.25) is 0 Å². The fraction of sp³-hybridized carbons (Fsp3) is 0.389. The van der Waals surface area contributed by atoms with Crippen LogP contribution in [0.1, 0.15) is 16.8 Å². The molecule has 0 unspecified atom stereocenters. The maximum Gasteiger partial charge on any atom is 0.343 e. The fourth-order valence-corrected chi connectivity index (χ4v) is 4.33. The largest absolute Gasteiger partial charge is 0.497 e. The zero-order chi connectivity index (χ0) is 18.0. The van der Waals surface area contributed by atoms with Crippen molar-refractivity contribution in [3.05, 3.63) is 29.8 Å². The van der Waals surface area contributed by atoms with Gasteiger partial charge in [-0.15, -0.1) is 11.3 Å². The highest BCUT2D eigenvalue weighted by Crippen LogP contribution is 2.46. The van der Waals surface area contributed by atoms with Gasteiger partial charge in [-0.1, -0.05) is 0 Å². The van der Waals surface area contributed by atoms with Gasteiger partial charge in [0, 0.05) is 25.6 Å². The number of ether oxygens (including phenoxy) is 2. The third kappa shape index (κ3) is 3.29. The van der Waals surface area contributed by atoms with Crippen LogP contribution in [0.15, 0.2) is 24.3 Å². The number of anilines is 2. The summed E-state index contributed by atoms with van der Waals surface area (Å²) in [6.45, 7) is 1.65. The van der Waals surface area contributed by atoms with Crippen LogP contribution in [-0.4, -0.2) is 45.0 Å².